The standard InChI is InChI=1S/C8H14N2O.C8H18NO2P/c1-3-8(11)10-6-4-9(2)5-7-10;1-7(2)9(3-4-12)5-8(11)6-10/h3H,1,4-7H2,2H3;6-8,11H,3-5,12H2,1-2H3. The van der Waals surface area contributed by atoms with Crippen LogP contribution in [0, 0.1) is 0 Å². The summed E-state index contributed by atoms with van der Waals surface area (Å²) in [5, 5.41) is 9.09. The van der Waals surface area contributed by atoms with Gasteiger partial charge in [0.05, 0.1) is 0 Å². The van der Waals surface area contributed by atoms with Crippen LogP contribution >= 0.6 is 9.24 Å². The molecule has 1 rings (SSSR count). The lowest BCUT2D eigenvalue weighted by atomic mass is 10.2. The quantitative estimate of drug-likeness (QED) is 0.402. The van der Waals surface area contributed by atoms with Crippen LogP contribution in [0.1, 0.15) is 13.8 Å². The number of rotatable bonds is 7. The van der Waals surface area contributed by atoms with E-state index in [2.05, 4.69) is 46.5 Å². The van der Waals surface area contributed by atoms with Crippen LogP contribution in [0.15, 0.2) is 12.7 Å². The van der Waals surface area contributed by atoms with Gasteiger partial charge in [0.1, 0.15) is 12.4 Å². The lowest BCUT2D eigenvalue weighted by molar-refractivity contribution is -0.127. The van der Waals surface area contributed by atoms with Gasteiger partial charge in [0.15, 0.2) is 0 Å². The number of piperazine rings is 1. The van der Waals surface area contributed by atoms with Gasteiger partial charge in [0.25, 0.3) is 0 Å². The summed E-state index contributed by atoms with van der Waals surface area (Å²) in [5.41, 5.74) is 0. The largest absolute Gasteiger partial charge is 0.384 e. The van der Waals surface area contributed by atoms with Gasteiger partial charge in [-0.1, -0.05) is 6.58 Å². The molecule has 0 aromatic carbocycles. The Kier molecular flexibility index (Phi) is 12.1. The molecule has 1 fully saturated rings. The minimum atomic E-state index is -0.844. The summed E-state index contributed by atoms with van der Waals surface area (Å²) in [6.45, 7) is 12.5. The number of carbonyl (C=O) groups is 2. The monoisotopic (exact) mass is 345 g/mol. The topological polar surface area (TPSA) is 64.1 Å². The van der Waals surface area contributed by atoms with E-state index in [1.165, 1.54) is 6.08 Å². The van der Waals surface area contributed by atoms with Crippen molar-refractivity contribution in [3.8, 4) is 0 Å². The Hall–Kier alpha value is -0.810. The molecule has 23 heavy (non-hydrogen) atoms. The maximum absolute atomic E-state index is 11.1. The molecule has 1 heterocycles. The second-order valence-corrected chi connectivity index (χ2v) is 6.49. The van der Waals surface area contributed by atoms with E-state index in [4.69, 9.17) is 5.11 Å². The first-order valence-electron chi connectivity index (χ1n) is 8.03. The van der Waals surface area contributed by atoms with Crippen molar-refractivity contribution >= 4 is 21.4 Å². The fourth-order valence-electron chi connectivity index (χ4n) is 2.17. The summed E-state index contributed by atoms with van der Waals surface area (Å²) < 4.78 is 0. The summed E-state index contributed by atoms with van der Waals surface area (Å²) in [6.07, 6.45) is 2.08. The second-order valence-electron chi connectivity index (χ2n) is 5.91. The first kappa shape index (κ1) is 22.2. The highest BCUT2D eigenvalue weighted by Gasteiger charge is 2.16. The second kappa shape index (κ2) is 12.6. The van der Waals surface area contributed by atoms with E-state index in [1.807, 2.05) is 4.90 Å². The number of hydrogen-bond acceptors (Lipinski definition) is 5. The lowest BCUT2D eigenvalue weighted by Gasteiger charge is -2.31. The molecule has 0 bridgehead atoms. The smallest absolute Gasteiger partial charge is 0.246 e. The highest BCUT2D eigenvalue weighted by Crippen LogP contribution is 2.00. The van der Waals surface area contributed by atoms with E-state index >= 15 is 0 Å². The molecule has 0 radical (unpaired) electrons. The van der Waals surface area contributed by atoms with E-state index in [1.54, 1.807) is 0 Å². The van der Waals surface area contributed by atoms with E-state index in [0.29, 0.717) is 18.9 Å². The first-order valence-corrected chi connectivity index (χ1v) is 8.84. The van der Waals surface area contributed by atoms with E-state index in [0.717, 1.165) is 38.9 Å². The average molecular weight is 345 g/mol. The number of aliphatic hydroxyl groups is 1. The molecule has 6 nitrogen and oxygen atoms in total. The van der Waals surface area contributed by atoms with Gasteiger partial charge in [-0.2, -0.15) is 0 Å². The minimum absolute atomic E-state index is 0.0538. The number of carbonyl (C=O) groups excluding carboxylic acids is 2. The van der Waals surface area contributed by atoms with Gasteiger partial charge in [-0.05, 0) is 33.1 Å². The SMILES string of the molecule is C=CC(=O)N1CCN(C)CC1.CC(C)N(CCP)CC(O)C=O. The highest BCUT2D eigenvalue weighted by molar-refractivity contribution is 7.16. The zero-order valence-electron chi connectivity index (χ0n) is 14.6. The van der Waals surface area contributed by atoms with Gasteiger partial charge in [-0.25, -0.2) is 0 Å². The summed E-state index contributed by atoms with van der Waals surface area (Å²) in [4.78, 5) is 27.4. The average Bonchev–Trinajstić information content (AvgIpc) is 2.54. The Bertz CT molecular complexity index is 358. The fraction of sp³-hybridized carbons (Fsp3) is 0.750. The Morgan fingerprint density at radius 1 is 1.35 bits per heavy atom. The van der Waals surface area contributed by atoms with E-state index in [-0.39, 0.29) is 5.91 Å². The molecule has 1 aliphatic rings. The van der Waals surface area contributed by atoms with Crippen LogP contribution < -0.4 is 0 Å². The number of nitrogens with zero attached hydrogens (tertiary/aromatic N) is 3. The summed E-state index contributed by atoms with van der Waals surface area (Å²) >= 11 is 0. The van der Waals surface area contributed by atoms with Crippen molar-refractivity contribution in [2.45, 2.75) is 26.0 Å². The molecule has 0 aromatic heterocycles. The van der Waals surface area contributed by atoms with Gasteiger partial charge in [0.2, 0.25) is 5.91 Å². The van der Waals surface area contributed by atoms with Crippen LogP contribution in [0.3, 0.4) is 0 Å². The lowest BCUT2D eigenvalue weighted by Crippen LogP contribution is -2.46. The molecule has 2 atom stereocenters. The van der Waals surface area contributed by atoms with E-state index < -0.39 is 6.10 Å². The van der Waals surface area contributed by atoms with Crippen LogP contribution in [0.5, 0.6) is 0 Å². The van der Waals surface area contributed by atoms with Crippen molar-refractivity contribution in [3.05, 3.63) is 12.7 Å². The summed E-state index contributed by atoms with van der Waals surface area (Å²) in [5.74, 6) is 0.0538. The number of aldehydes is 1. The van der Waals surface area contributed by atoms with Crippen molar-refractivity contribution in [2.24, 2.45) is 0 Å². The van der Waals surface area contributed by atoms with Crippen molar-refractivity contribution in [1.82, 2.24) is 14.7 Å². The number of hydrogen-bond donors (Lipinski definition) is 1. The molecule has 7 heteroatoms. The zero-order valence-corrected chi connectivity index (χ0v) is 15.8. The normalized spacial score (nSPS) is 16.7. The number of amides is 1. The van der Waals surface area contributed by atoms with Crippen LogP contribution in [0.25, 0.3) is 0 Å². The Morgan fingerprint density at radius 2 is 1.91 bits per heavy atom. The molecular formula is C16H32N3O3P. The molecule has 0 aromatic rings. The van der Waals surface area contributed by atoms with E-state index in [9.17, 15) is 9.59 Å². The third kappa shape index (κ3) is 9.82. The third-order valence-corrected chi connectivity index (χ3v) is 3.97. The first-order chi connectivity index (χ1) is 10.8. The molecule has 1 aliphatic heterocycles. The number of likely N-dealkylation sites (N-methyl/N-ethyl adjacent to an activating group) is 1. The third-order valence-electron chi connectivity index (χ3n) is 3.71. The molecule has 1 N–H and O–H groups in total. The molecular weight excluding hydrogens is 313 g/mol. The Morgan fingerprint density at radius 3 is 2.30 bits per heavy atom. The van der Waals surface area contributed by atoms with Crippen LogP contribution in [0.4, 0.5) is 0 Å². The minimum Gasteiger partial charge on any atom is -0.384 e. The predicted octanol–water partition coefficient (Wildman–Crippen LogP) is 0.0781. The predicted molar refractivity (Wildman–Crippen MR) is 97.6 cm³/mol. The fourth-order valence-corrected chi connectivity index (χ4v) is 2.50. The molecule has 2 unspecified atom stereocenters. The molecule has 0 saturated carbocycles. The molecule has 1 saturated heterocycles. The number of aliphatic hydroxyl groups excluding tert-OH is 1. The Labute approximate surface area is 142 Å². The highest BCUT2D eigenvalue weighted by atomic mass is 31.0. The maximum Gasteiger partial charge on any atom is 0.246 e. The molecule has 0 aliphatic carbocycles. The van der Waals surface area contributed by atoms with Crippen molar-refractivity contribution in [2.75, 3.05) is 52.5 Å². The van der Waals surface area contributed by atoms with Crippen molar-refractivity contribution in [1.29, 1.82) is 0 Å². The van der Waals surface area contributed by atoms with Gasteiger partial charge >= 0.3 is 0 Å². The van der Waals surface area contributed by atoms with Gasteiger partial charge in [0, 0.05) is 45.3 Å². The Balaban J connectivity index is 0.000000422. The van der Waals surface area contributed by atoms with Gasteiger partial charge < -0.3 is 19.7 Å². The van der Waals surface area contributed by atoms with Crippen molar-refractivity contribution in [3.63, 3.8) is 0 Å². The zero-order chi connectivity index (χ0) is 17.8. The maximum atomic E-state index is 11.1. The van der Waals surface area contributed by atoms with Gasteiger partial charge in [-0.15, -0.1) is 9.24 Å². The summed E-state index contributed by atoms with van der Waals surface area (Å²) in [6, 6.07) is 0.375. The molecule has 0 spiro atoms. The molecule has 1 amide bonds. The van der Waals surface area contributed by atoms with Crippen molar-refractivity contribution < 1.29 is 14.7 Å². The van der Waals surface area contributed by atoms with Crippen LogP contribution in [0.2, 0.25) is 0 Å². The van der Waals surface area contributed by atoms with Crippen LogP contribution in [-0.4, -0.2) is 96.6 Å². The van der Waals surface area contributed by atoms with Gasteiger partial charge in [-0.3, -0.25) is 9.69 Å². The molecule has 134 valence electrons. The van der Waals surface area contributed by atoms with Crippen LogP contribution in [-0.2, 0) is 9.59 Å². The summed E-state index contributed by atoms with van der Waals surface area (Å²) in [7, 11) is 4.70.